The molecule has 0 atom stereocenters. The molecule has 0 saturated carbocycles. The van der Waals surface area contributed by atoms with Gasteiger partial charge < -0.3 is 0 Å². The summed E-state index contributed by atoms with van der Waals surface area (Å²) in [6, 6.07) is 33.1. The van der Waals surface area contributed by atoms with E-state index in [1.165, 1.54) is 29.1 Å². The topological polar surface area (TPSA) is 0 Å². The molecule has 3 rings (SSSR count). The third-order valence-corrected chi connectivity index (χ3v) is 10.6. The van der Waals surface area contributed by atoms with Crippen molar-refractivity contribution in [2.45, 2.75) is 12.4 Å². The Hall–Kier alpha value is -1.46. The Morgan fingerprint density at radius 2 is 0.682 bits per heavy atom. The summed E-state index contributed by atoms with van der Waals surface area (Å²) in [5.74, 6) is 0. The van der Waals surface area contributed by atoms with Gasteiger partial charge in [-0.25, -0.2) is 0 Å². The van der Waals surface area contributed by atoms with E-state index in [-0.39, 0.29) is 0 Å². The molecule has 0 radical (unpaired) electrons. The molecule has 0 unspecified atom stereocenters. The van der Waals surface area contributed by atoms with E-state index in [4.69, 9.17) is 0 Å². The summed E-state index contributed by atoms with van der Waals surface area (Å²) in [6.45, 7) is 0. The predicted octanol–water partition coefficient (Wildman–Crippen LogP) is 5.21. The first kappa shape index (κ1) is 15.4. The molecule has 0 bridgehead atoms. The first-order valence-corrected chi connectivity index (χ1v) is 13.1. The summed E-state index contributed by atoms with van der Waals surface area (Å²) in [6.07, 6.45) is 0. The maximum atomic E-state index is 2.29. The van der Waals surface area contributed by atoms with Crippen LogP contribution in [0.15, 0.2) is 91.0 Å². The van der Waals surface area contributed by atoms with Crippen LogP contribution >= 0.6 is 0 Å². The van der Waals surface area contributed by atoms with Crippen LogP contribution in [0.2, 0.25) is 0 Å². The molecular formula is C21H21Zr. The molecule has 0 spiro atoms. The Bertz CT molecular complexity index is 563. The number of hydrogen-bond donors (Lipinski definition) is 0. The molecular weight excluding hydrogens is 343 g/mol. The molecule has 3 aromatic carbocycles. The molecule has 3 aromatic rings. The van der Waals surface area contributed by atoms with Gasteiger partial charge in [0.25, 0.3) is 0 Å². The molecule has 0 aliphatic heterocycles. The summed E-state index contributed by atoms with van der Waals surface area (Å²) in [5, 5.41) is 0. The van der Waals surface area contributed by atoms with Crippen LogP contribution in [0.5, 0.6) is 0 Å². The maximum absolute atomic E-state index is 2.29. The van der Waals surface area contributed by atoms with Crippen LogP contribution < -0.4 is 0 Å². The first-order valence-electron chi connectivity index (χ1n) is 7.85. The quantitative estimate of drug-likeness (QED) is 0.563. The van der Waals surface area contributed by atoms with Gasteiger partial charge in [0.15, 0.2) is 0 Å². The number of hydrogen-bond acceptors (Lipinski definition) is 0. The van der Waals surface area contributed by atoms with E-state index in [9.17, 15) is 0 Å². The van der Waals surface area contributed by atoms with Gasteiger partial charge in [-0.05, 0) is 0 Å². The fourth-order valence-electron chi connectivity index (χ4n) is 2.84. The SMILES string of the molecule is c1ccc([CH2][Zr]([CH2]c2ccccc2)[CH2]c2ccccc2)cc1. The fraction of sp³-hybridized carbons (Fsp3) is 0.143. The van der Waals surface area contributed by atoms with Crippen molar-refractivity contribution in [3.63, 3.8) is 0 Å². The average molecular weight is 365 g/mol. The van der Waals surface area contributed by atoms with Crippen LogP contribution in [-0.2, 0) is 34.1 Å². The van der Waals surface area contributed by atoms with E-state index in [0.29, 0.717) is 0 Å². The Balaban J connectivity index is 1.75. The molecule has 1 heteroatoms. The van der Waals surface area contributed by atoms with Gasteiger partial charge in [0, 0.05) is 0 Å². The predicted molar refractivity (Wildman–Crippen MR) is 90.4 cm³/mol. The van der Waals surface area contributed by atoms with Crippen molar-refractivity contribution < 1.29 is 21.8 Å². The summed E-state index contributed by atoms with van der Waals surface area (Å²) in [4.78, 5) is 0. The second kappa shape index (κ2) is 8.25. The number of rotatable bonds is 6. The summed E-state index contributed by atoms with van der Waals surface area (Å²) in [5.41, 5.74) is 4.55. The first-order chi connectivity index (χ1) is 10.9. The molecule has 0 aliphatic rings. The van der Waals surface area contributed by atoms with E-state index in [1.54, 1.807) is 0 Å². The van der Waals surface area contributed by atoms with Crippen molar-refractivity contribution in [2.75, 3.05) is 0 Å². The second-order valence-corrected chi connectivity index (χ2v) is 12.0. The van der Waals surface area contributed by atoms with Crippen molar-refractivity contribution in [3.05, 3.63) is 108 Å². The van der Waals surface area contributed by atoms with E-state index in [0.717, 1.165) is 0 Å². The molecule has 0 saturated heterocycles. The van der Waals surface area contributed by atoms with Crippen molar-refractivity contribution in [1.82, 2.24) is 0 Å². The Labute approximate surface area is 141 Å². The summed E-state index contributed by atoms with van der Waals surface area (Å²) in [7, 11) is 0. The monoisotopic (exact) mass is 363 g/mol. The van der Waals surface area contributed by atoms with Crippen molar-refractivity contribution >= 4 is 0 Å². The van der Waals surface area contributed by atoms with Crippen molar-refractivity contribution in [1.29, 1.82) is 0 Å². The zero-order valence-electron chi connectivity index (χ0n) is 12.8. The molecule has 0 amide bonds. The third kappa shape index (κ3) is 4.78. The van der Waals surface area contributed by atoms with E-state index >= 15 is 0 Å². The van der Waals surface area contributed by atoms with Crippen LogP contribution in [-0.4, -0.2) is 0 Å². The minimum atomic E-state index is -1.56. The Morgan fingerprint density at radius 1 is 0.409 bits per heavy atom. The standard InChI is InChI=1S/3C7H7.Zr/c3*1-7-5-3-2-4-6-7;/h3*2-6H,1H2;. The minimum absolute atomic E-state index is 1.33. The summed E-state index contributed by atoms with van der Waals surface area (Å²) >= 11 is -1.56. The van der Waals surface area contributed by atoms with Gasteiger partial charge in [-0.3, -0.25) is 0 Å². The van der Waals surface area contributed by atoms with Crippen LogP contribution in [0.25, 0.3) is 0 Å². The average Bonchev–Trinajstić information content (AvgIpc) is 2.57. The molecule has 0 aromatic heterocycles. The zero-order valence-corrected chi connectivity index (χ0v) is 15.2. The van der Waals surface area contributed by atoms with E-state index in [2.05, 4.69) is 91.0 Å². The van der Waals surface area contributed by atoms with Gasteiger partial charge in [0.2, 0.25) is 0 Å². The molecule has 0 heterocycles. The molecule has 0 N–H and O–H groups in total. The van der Waals surface area contributed by atoms with Crippen LogP contribution in [0.1, 0.15) is 16.7 Å². The number of benzene rings is 3. The molecule has 109 valence electrons. The van der Waals surface area contributed by atoms with Crippen LogP contribution in [0, 0.1) is 0 Å². The van der Waals surface area contributed by atoms with Crippen molar-refractivity contribution in [3.8, 4) is 0 Å². The summed E-state index contributed by atoms with van der Waals surface area (Å²) < 4.78 is 3.98. The van der Waals surface area contributed by atoms with Crippen LogP contribution in [0.4, 0.5) is 0 Å². The van der Waals surface area contributed by atoms with Gasteiger partial charge in [-0.2, -0.15) is 0 Å². The van der Waals surface area contributed by atoms with Gasteiger partial charge in [0.05, 0.1) is 0 Å². The van der Waals surface area contributed by atoms with Gasteiger partial charge in [0.1, 0.15) is 0 Å². The molecule has 0 aliphatic carbocycles. The Morgan fingerprint density at radius 3 is 0.955 bits per heavy atom. The third-order valence-electron chi connectivity index (χ3n) is 3.89. The van der Waals surface area contributed by atoms with Gasteiger partial charge >= 0.3 is 142 Å². The van der Waals surface area contributed by atoms with E-state index < -0.39 is 21.8 Å². The van der Waals surface area contributed by atoms with Crippen molar-refractivity contribution in [2.24, 2.45) is 0 Å². The molecule has 22 heavy (non-hydrogen) atoms. The van der Waals surface area contributed by atoms with Gasteiger partial charge in [-0.1, -0.05) is 0 Å². The molecule has 0 fully saturated rings. The van der Waals surface area contributed by atoms with Gasteiger partial charge in [-0.15, -0.1) is 0 Å². The molecule has 0 nitrogen and oxygen atoms in total. The van der Waals surface area contributed by atoms with E-state index in [1.807, 2.05) is 0 Å². The fourth-order valence-corrected chi connectivity index (χ4v) is 9.76. The second-order valence-electron chi connectivity index (χ2n) is 5.74. The normalized spacial score (nSPS) is 10.4. The van der Waals surface area contributed by atoms with Crippen LogP contribution in [0.3, 0.4) is 0 Å². The Kier molecular flexibility index (Phi) is 5.79. The zero-order chi connectivity index (χ0) is 15.0.